The average molecular weight is 386 g/mol. The second-order valence-corrected chi connectivity index (χ2v) is 7.40. The molecule has 27 heavy (non-hydrogen) atoms. The lowest BCUT2D eigenvalue weighted by molar-refractivity contribution is -0.121. The van der Waals surface area contributed by atoms with Gasteiger partial charge in [0.2, 0.25) is 11.8 Å². The Hall–Kier alpha value is -2.37. The molecule has 2 aromatic rings. The van der Waals surface area contributed by atoms with E-state index >= 15 is 0 Å². The van der Waals surface area contributed by atoms with Crippen molar-refractivity contribution < 1.29 is 9.59 Å². The predicted octanol–water partition coefficient (Wildman–Crippen LogP) is 3.94. The lowest BCUT2D eigenvalue weighted by atomic mass is 9.96. The molecule has 0 aliphatic carbocycles. The predicted molar refractivity (Wildman–Crippen MR) is 109 cm³/mol. The van der Waals surface area contributed by atoms with Gasteiger partial charge in [0.15, 0.2) is 0 Å². The number of benzene rings is 2. The first kappa shape index (κ1) is 19.4. The number of aryl methyl sites for hydroxylation is 1. The van der Waals surface area contributed by atoms with Gasteiger partial charge in [0, 0.05) is 22.3 Å². The highest BCUT2D eigenvalue weighted by Crippen LogP contribution is 2.21. The van der Waals surface area contributed by atoms with Crippen molar-refractivity contribution in [3.8, 4) is 0 Å². The van der Waals surface area contributed by atoms with Crippen LogP contribution in [0.3, 0.4) is 0 Å². The normalized spacial score (nSPS) is 15.3. The van der Waals surface area contributed by atoms with Crippen LogP contribution in [0.2, 0.25) is 5.02 Å². The Balaban J connectivity index is 1.43. The van der Waals surface area contributed by atoms with Gasteiger partial charge in [0.05, 0.1) is 6.54 Å². The molecule has 1 aliphatic heterocycles. The molecule has 0 radical (unpaired) electrons. The van der Waals surface area contributed by atoms with Gasteiger partial charge in [-0.25, -0.2) is 0 Å². The molecule has 2 aromatic carbocycles. The highest BCUT2D eigenvalue weighted by atomic mass is 35.5. The minimum atomic E-state index is -0.0413. The second-order valence-electron chi connectivity index (χ2n) is 6.96. The average Bonchev–Trinajstić information content (AvgIpc) is 2.64. The maximum atomic E-state index is 12.4. The number of halogens is 1. The number of hydrogen-bond acceptors (Lipinski definition) is 3. The van der Waals surface area contributed by atoms with E-state index in [2.05, 4.69) is 15.5 Å². The fourth-order valence-electron chi connectivity index (χ4n) is 3.20. The minimum Gasteiger partial charge on any atom is -0.326 e. The number of piperidine rings is 1. The number of hydrogen-bond donors (Lipinski definition) is 2. The van der Waals surface area contributed by atoms with Crippen molar-refractivity contribution in [3.05, 3.63) is 59.1 Å². The third-order valence-corrected chi connectivity index (χ3v) is 4.99. The summed E-state index contributed by atoms with van der Waals surface area (Å²) in [6.07, 6.45) is 1.48. The lowest BCUT2D eigenvalue weighted by Gasteiger charge is -2.30. The second kappa shape index (κ2) is 9.02. The van der Waals surface area contributed by atoms with Crippen LogP contribution in [-0.2, 0) is 9.59 Å². The topological polar surface area (TPSA) is 61.4 Å². The first-order chi connectivity index (χ1) is 13.0. The van der Waals surface area contributed by atoms with E-state index in [1.165, 1.54) is 0 Å². The van der Waals surface area contributed by atoms with Gasteiger partial charge in [-0.2, -0.15) is 0 Å². The summed E-state index contributed by atoms with van der Waals surface area (Å²) in [4.78, 5) is 26.7. The summed E-state index contributed by atoms with van der Waals surface area (Å²) < 4.78 is 0. The zero-order chi connectivity index (χ0) is 19.2. The van der Waals surface area contributed by atoms with Crippen LogP contribution in [0.15, 0.2) is 48.5 Å². The molecular formula is C21H24ClN3O2. The van der Waals surface area contributed by atoms with Crippen LogP contribution in [0.25, 0.3) is 0 Å². The van der Waals surface area contributed by atoms with Crippen LogP contribution < -0.4 is 10.6 Å². The van der Waals surface area contributed by atoms with Gasteiger partial charge in [0.1, 0.15) is 0 Å². The van der Waals surface area contributed by atoms with Gasteiger partial charge in [-0.3, -0.25) is 14.5 Å². The maximum absolute atomic E-state index is 12.4. The number of nitrogens with zero attached hydrogens (tertiary/aromatic N) is 1. The van der Waals surface area contributed by atoms with E-state index in [1.807, 2.05) is 43.3 Å². The third-order valence-electron chi connectivity index (χ3n) is 4.75. The minimum absolute atomic E-state index is 0.0148. The smallest absolute Gasteiger partial charge is 0.238 e. The number of carbonyl (C=O) groups excluding carboxylic acids is 2. The first-order valence-electron chi connectivity index (χ1n) is 9.15. The van der Waals surface area contributed by atoms with E-state index in [-0.39, 0.29) is 17.7 Å². The number of likely N-dealkylation sites (tertiary alicyclic amines) is 1. The fraction of sp³-hybridized carbons (Fsp3) is 0.333. The van der Waals surface area contributed by atoms with E-state index in [4.69, 9.17) is 11.6 Å². The SMILES string of the molecule is Cc1ccc(NC(=O)CN2CCC(C(=O)Nc3cccc(Cl)c3)CC2)cc1. The van der Waals surface area contributed by atoms with Crippen molar-refractivity contribution in [1.82, 2.24) is 4.90 Å². The molecule has 0 atom stereocenters. The molecule has 0 aromatic heterocycles. The molecule has 6 heteroatoms. The standard InChI is InChI=1S/C21H24ClN3O2/c1-15-5-7-18(8-6-15)23-20(26)14-25-11-9-16(10-12-25)21(27)24-19-4-2-3-17(22)13-19/h2-8,13,16H,9-12,14H2,1H3,(H,23,26)(H,24,27). The quantitative estimate of drug-likeness (QED) is 0.819. The van der Waals surface area contributed by atoms with Crippen LogP contribution in [0.5, 0.6) is 0 Å². The first-order valence-corrected chi connectivity index (χ1v) is 9.53. The number of amides is 2. The Bertz CT molecular complexity index is 799. The maximum Gasteiger partial charge on any atom is 0.238 e. The Kier molecular flexibility index (Phi) is 6.48. The molecule has 0 saturated carbocycles. The summed E-state index contributed by atoms with van der Waals surface area (Å²) in [6.45, 7) is 3.82. The van der Waals surface area contributed by atoms with Gasteiger partial charge in [-0.1, -0.05) is 35.4 Å². The van der Waals surface area contributed by atoms with E-state index in [9.17, 15) is 9.59 Å². The van der Waals surface area contributed by atoms with Gasteiger partial charge < -0.3 is 10.6 Å². The van der Waals surface area contributed by atoms with E-state index in [1.54, 1.807) is 12.1 Å². The molecule has 1 heterocycles. The van der Waals surface area contributed by atoms with Crippen molar-refractivity contribution in [3.63, 3.8) is 0 Å². The highest BCUT2D eigenvalue weighted by Gasteiger charge is 2.26. The number of anilines is 2. The molecule has 1 saturated heterocycles. The van der Waals surface area contributed by atoms with Crippen LogP contribution in [0.4, 0.5) is 11.4 Å². The van der Waals surface area contributed by atoms with Crippen molar-refractivity contribution in [2.75, 3.05) is 30.3 Å². The van der Waals surface area contributed by atoms with Gasteiger partial charge in [0.25, 0.3) is 0 Å². The Morgan fingerprint density at radius 3 is 2.41 bits per heavy atom. The Morgan fingerprint density at radius 2 is 1.74 bits per heavy atom. The van der Waals surface area contributed by atoms with Crippen LogP contribution in [0, 0.1) is 12.8 Å². The van der Waals surface area contributed by atoms with Crippen LogP contribution in [-0.4, -0.2) is 36.3 Å². The molecule has 2 N–H and O–H groups in total. The molecule has 142 valence electrons. The molecule has 0 spiro atoms. The summed E-state index contributed by atoms with van der Waals surface area (Å²) in [5.41, 5.74) is 2.68. The molecule has 5 nitrogen and oxygen atoms in total. The van der Waals surface area contributed by atoms with Crippen molar-refractivity contribution >= 4 is 34.8 Å². The summed E-state index contributed by atoms with van der Waals surface area (Å²) in [5, 5.41) is 6.44. The molecule has 1 fully saturated rings. The van der Waals surface area contributed by atoms with Crippen LogP contribution >= 0.6 is 11.6 Å². The highest BCUT2D eigenvalue weighted by molar-refractivity contribution is 6.30. The Morgan fingerprint density at radius 1 is 1.04 bits per heavy atom. The number of carbonyl (C=O) groups is 2. The summed E-state index contributed by atoms with van der Waals surface area (Å²) in [5.74, 6) is -0.0536. The van der Waals surface area contributed by atoms with Crippen LogP contribution in [0.1, 0.15) is 18.4 Å². The lowest BCUT2D eigenvalue weighted by Crippen LogP contribution is -2.41. The fourth-order valence-corrected chi connectivity index (χ4v) is 3.39. The molecule has 0 bridgehead atoms. The summed E-state index contributed by atoms with van der Waals surface area (Å²) in [6, 6.07) is 14.9. The number of nitrogens with one attached hydrogen (secondary N) is 2. The van der Waals surface area contributed by atoms with Gasteiger partial charge in [-0.15, -0.1) is 0 Å². The third kappa shape index (κ3) is 5.81. The zero-order valence-corrected chi connectivity index (χ0v) is 16.1. The van der Waals surface area contributed by atoms with E-state index in [0.29, 0.717) is 17.3 Å². The van der Waals surface area contributed by atoms with E-state index < -0.39 is 0 Å². The van der Waals surface area contributed by atoms with Crippen molar-refractivity contribution in [1.29, 1.82) is 0 Å². The zero-order valence-electron chi connectivity index (χ0n) is 15.4. The molecule has 1 aliphatic rings. The number of rotatable bonds is 5. The molecule has 2 amide bonds. The monoisotopic (exact) mass is 385 g/mol. The summed E-state index contributed by atoms with van der Waals surface area (Å²) in [7, 11) is 0. The van der Waals surface area contributed by atoms with E-state index in [0.717, 1.165) is 37.2 Å². The largest absolute Gasteiger partial charge is 0.326 e. The molecule has 0 unspecified atom stereocenters. The van der Waals surface area contributed by atoms with Gasteiger partial charge in [-0.05, 0) is 63.2 Å². The van der Waals surface area contributed by atoms with Crippen molar-refractivity contribution in [2.24, 2.45) is 5.92 Å². The Labute approximate surface area is 164 Å². The molecule has 3 rings (SSSR count). The molecular weight excluding hydrogens is 362 g/mol. The van der Waals surface area contributed by atoms with Crippen molar-refractivity contribution in [2.45, 2.75) is 19.8 Å². The van der Waals surface area contributed by atoms with Gasteiger partial charge >= 0.3 is 0 Å². The summed E-state index contributed by atoms with van der Waals surface area (Å²) >= 11 is 5.95.